The van der Waals surface area contributed by atoms with E-state index in [-0.39, 0.29) is 0 Å². The van der Waals surface area contributed by atoms with Crippen molar-refractivity contribution < 1.29 is 0 Å². The van der Waals surface area contributed by atoms with Crippen LogP contribution in [0, 0.1) is 11.8 Å². The SMILES string of the molecule is C=C/C(C#Cc1ccccc1)=C\C=C/C.CC.CC. The molecule has 0 bridgehead atoms. The molecule has 0 atom stereocenters. The topological polar surface area (TPSA) is 0 Å². The molecule has 0 saturated carbocycles. The van der Waals surface area contributed by atoms with Crippen LogP contribution in [0.25, 0.3) is 0 Å². The van der Waals surface area contributed by atoms with E-state index in [2.05, 4.69) is 18.4 Å². The molecule has 0 amide bonds. The van der Waals surface area contributed by atoms with E-state index < -0.39 is 0 Å². The third-order valence-electron chi connectivity index (χ3n) is 1.81. The van der Waals surface area contributed by atoms with E-state index in [1.165, 1.54) is 0 Å². The van der Waals surface area contributed by atoms with Crippen LogP contribution in [0.15, 0.2) is 66.8 Å². The van der Waals surface area contributed by atoms with Crippen molar-refractivity contribution >= 4 is 0 Å². The molecule has 0 heterocycles. The van der Waals surface area contributed by atoms with Crippen molar-refractivity contribution in [3.05, 3.63) is 72.4 Å². The van der Waals surface area contributed by atoms with E-state index in [1.54, 1.807) is 6.08 Å². The van der Waals surface area contributed by atoms with E-state index in [0.29, 0.717) is 0 Å². The van der Waals surface area contributed by atoms with E-state index in [9.17, 15) is 0 Å². The highest BCUT2D eigenvalue weighted by Crippen LogP contribution is 1.98. The van der Waals surface area contributed by atoms with Crippen molar-refractivity contribution in [2.45, 2.75) is 34.6 Å². The Morgan fingerprint density at radius 1 is 1.05 bits per heavy atom. The van der Waals surface area contributed by atoms with E-state index in [1.807, 2.05) is 83.2 Å². The van der Waals surface area contributed by atoms with Crippen molar-refractivity contribution in [1.29, 1.82) is 0 Å². The molecule has 0 aliphatic heterocycles. The fourth-order valence-electron chi connectivity index (χ4n) is 1.03. The standard InChI is InChI=1S/C15H14.2C2H6/c1-3-5-9-14(4-2)12-13-15-10-7-6-8-11-15;2*1-2/h3-11H,2H2,1H3;2*1-2H3/b5-3-,14-9+;;. The zero-order valence-corrected chi connectivity index (χ0v) is 12.9. The van der Waals surface area contributed by atoms with Crippen LogP contribution >= 0.6 is 0 Å². The van der Waals surface area contributed by atoms with Crippen LogP contribution in [0.5, 0.6) is 0 Å². The molecule has 0 saturated heterocycles. The molecule has 1 aromatic rings. The van der Waals surface area contributed by atoms with Crippen molar-refractivity contribution in [1.82, 2.24) is 0 Å². The van der Waals surface area contributed by atoms with E-state index >= 15 is 0 Å². The first-order chi connectivity index (χ1) is 9.36. The number of hydrogen-bond donors (Lipinski definition) is 0. The van der Waals surface area contributed by atoms with Crippen molar-refractivity contribution in [3.63, 3.8) is 0 Å². The van der Waals surface area contributed by atoms with Crippen molar-refractivity contribution in [3.8, 4) is 11.8 Å². The third kappa shape index (κ3) is 10.9. The first-order valence-electron chi connectivity index (χ1n) is 6.89. The monoisotopic (exact) mass is 254 g/mol. The molecule has 0 spiro atoms. The zero-order chi connectivity index (χ0) is 14.9. The second-order valence-corrected chi connectivity index (χ2v) is 2.97. The molecule has 19 heavy (non-hydrogen) atoms. The molecule has 0 N–H and O–H groups in total. The molecule has 0 aliphatic carbocycles. The normalized spacial score (nSPS) is 9.21. The van der Waals surface area contributed by atoms with Gasteiger partial charge in [-0.1, -0.05) is 82.5 Å². The van der Waals surface area contributed by atoms with Crippen LogP contribution in [0.2, 0.25) is 0 Å². The zero-order valence-electron chi connectivity index (χ0n) is 12.9. The summed E-state index contributed by atoms with van der Waals surface area (Å²) in [5.74, 6) is 6.14. The van der Waals surface area contributed by atoms with Gasteiger partial charge >= 0.3 is 0 Å². The highest BCUT2D eigenvalue weighted by molar-refractivity contribution is 5.45. The summed E-state index contributed by atoms with van der Waals surface area (Å²) in [7, 11) is 0. The lowest BCUT2D eigenvalue weighted by molar-refractivity contribution is 1.50. The van der Waals surface area contributed by atoms with Gasteiger partial charge in [-0.05, 0) is 25.1 Å². The fourth-order valence-corrected chi connectivity index (χ4v) is 1.03. The highest BCUT2D eigenvalue weighted by Gasteiger charge is 1.83. The fraction of sp³-hybridized carbons (Fsp3) is 0.263. The Labute approximate surface area is 119 Å². The maximum Gasteiger partial charge on any atom is 0.0249 e. The first kappa shape index (κ1) is 19.3. The highest BCUT2D eigenvalue weighted by atomic mass is 13.9. The van der Waals surface area contributed by atoms with Gasteiger partial charge in [-0.3, -0.25) is 0 Å². The maximum atomic E-state index is 3.72. The second kappa shape index (κ2) is 16.0. The smallest absolute Gasteiger partial charge is 0.0249 e. The lowest BCUT2D eigenvalue weighted by atomic mass is 10.2. The summed E-state index contributed by atoms with van der Waals surface area (Å²) in [5.41, 5.74) is 1.95. The van der Waals surface area contributed by atoms with Crippen LogP contribution < -0.4 is 0 Å². The van der Waals surface area contributed by atoms with Crippen LogP contribution in [0.4, 0.5) is 0 Å². The molecule has 0 unspecified atom stereocenters. The first-order valence-corrected chi connectivity index (χ1v) is 6.89. The van der Waals surface area contributed by atoms with Crippen LogP contribution in [0.3, 0.4) is 0 Å². The maximum absolute atomic E-state index is 3.72. The third-order valence-corrected chi connectivity index (χ3v) is 1.81. The largest absolute Gasteiger partial charge is 0.0978 e. The molecule has 0 aromatic heterocycles. The summed E-state index contributed by atoms with van der Waals surface area (Å²) >= 11 is 0. The molecular weight excluding hydrogens is 228 g/mol. The van der Waals surface area contributed by atoms with Gasteiger partial charge in [0.25, 0.3) is 0 Å². The van der Waals surface area contributed by atoms with Gasteiger partial charge in [0, 0.05) is 11.1 Å². The molecule has 0 nitrogen and oxygen atoms in total. The van der Waals surface area contributed by atoms with Gasteiger partial charge in [-0.2, -0.15) is 0 Å². The van der Waals surface area contributed by atoms with Gasteiger partial charge in [-0.25, -0.2) is 0 Å². The van der Waals surface area contributed by atoms with E-state index in [4.69, 9.17) is 0 Å². The minimum atomic E-state index is 0.928. The Balaban J connectivity index is 0. The van der Waals surface area contributed by atoms with Crippen LogP contribution in [0.1, 0.15) is 40.2 Å². The Hall–Kier alpha value is -2.00. The Bertz CT molecular complexity index is 422. The molecule has 0 radical (unpaired) electrons. The Morgan fingerprint density at radius 3 is 2.11 bits per heavy atom. The number of benzene rings is 1. The molecule has 102 valence electrons. The van der Waals surface area contributed by atoms with Gasteiger partial charge in [-0.15, -0.1) is 0 Å². The Morgan fingerprint density at radius 2 is 1.63 bits per heavy atom. The molecule has 0 fully saturated rings. The number of rotatable bonds is 2. The number of hydrogen-bond acceptors (Lipinski definition) is 0. The van der Waals surface area contributed by atoms with Crippen LogP contribution in [-0.2, 0) is 0 Å². The van der Waals surface area contributed by atoms with Crippen molar-refractivity contribution in [2.75, 3.05) is 0 Å². The summed E-state index contributed by atoms with van der Waals surface area (Å²) in [4.78, 5) is 0. The van der Waals surface area contributed by atoms with Crippen LogP contribution in [-0.4, -0.2) is 0 Å². The quantitative estimate of drug-likeness (QED) is 0.463. The molecule has 0 heteroatoms. The summed E-state index contributed by atoms with van der Waals surface area (Å²) in [6, 6.07) is 9.92. The lowest BCUT2D eigenvalue weighted by Gasteiger charge is -1.88. The van der Waals surface area contributed by atoms with Gasteiger partial charge in [0.1, 0.15) is 0 Å². The summed E-state index contributed by atoms with van der Waals surface area (Å²) < 4.78 is 0. The lowest BCUT2D eigenvalue weighted by Crippen LogP contribution is -1.73. The number of allylic oxidation sites excluding steroid dienone is 5. The van der Waals surface area contributed by atoms with Gasteiger partial charge in [0.15, 0.2) is 0 Å². The summed E-state index contributed by atoms with van der Waals surface area (Å²) in [6.45, 7) is 13.7. The van der Waals surface area contributed by atoms with Gasteiger partial charge in [0.2, 0.25) is 0 Å². The summed E-state index contributed by atoms with van der Waals surface area (Å²) in [5, 5.41) is 0. The van der Waals surface area contributed by atoms with Gasteiger partial charge < -0.3 is 0 Å². The Kier molecular flexibility index (Phi) is 16.3. The average molecular weight is 254 g/mol. The average Bonchev–Trinajstić information content (AvgIpc) is 2.52. The predicted octanol–water partition coefficient (Wildman–Crippen LogP) is 5.78. The molecular formula is C19H26. The summed E-state index contributed by atoms with van der Waals surface area (Å²) in [6.07, 6.45) is 7.63. The molecule has 1 aromatic carbocycles. The second-order valence-electron chi connectivity index (χ2n) is 2.97. The van der Waals surface area contributed by atoms with Crippen molar-refractivity contribution in [2.24, 2.45) is 0 Å². The minimum absolute atomic E-state index is 0.928. The molecule has 1 rings (SSSR count). The van der Waals surface area contributed by atoms with E-state index in [0.717, 1.165) is 11.1 Å². The van der Waals surface area contributed by atoms with Gasteiger partial charge in [0.05, 0.1) is 0 Å². The predicted molar refractivity (Wildman–Crippen MR) is 89.1 cm³/mol. The molecule has 0 aliphatic rings. The minimum Gasteiger partial charge on any atom is -0.0978 e.